The minimum Gasteiger partial charge on any atom is -0.480 e. The third-order valence-electron chi connectivity index (χ3n) is 0.859. The lowest BCUT2D eigenvalue weighted by Gasteiger charge is -2.03. The lowest BCUT2D eigenvalue weighted by atomic mass is 10.6. The maximum atomic E-state index is 10.7. The molecule has 0 saturated carbocycles. The zero-order chi connectivity index (χ0) is 11.0. The van der Waals surface area contributed by atoms with Crippen molar-refractivity contribution in [1.29, 1.82) is 0 Å². The molecule has 0 aliphatic heterocycles. The highest BCUT2D eigenvalue weighted by atomic mass is 16.7. The molecule has 0 aliphatic carbocycles. The molecule has 0 heterocycles. The molecule has 4 N–H and O–H groups in total. The monoisotopic (exact) mass is 206 g/mol. The van der Waals surface area contributed by atoms with Gasteiger partial charge in [0.25, 0.3) is 5.91 Å². The van der Waals surface area contributed by atoms with Crippen molar-refractivity contribution in [2.75, 3.05) is 19.8 Å². The lowest BCUT2D eigenvalue weighted by Crippen LogP contribution is -2.32. The molecule has 0 aromatic heterocycles. The number of hydroxylamine groups is 1. The molecular weight excluding hydrogens is 196 g/mol. The van der Waals surface area contributed by atoms with Gasteiger partial charge in [-0.1, -0.05) is 0 Å². The second-order valence-electron chi connectivity index (χ2n) is 2.17. The van der Waals surface area contributed by atoms with E-state index in [1.807, 2.05) is 5.48 Å². The SMILES string of the molecule is NC(=O)CONC(=O)COCC(=O)O. The summed E-state index contributed by atoms with van der Waals surface area (Å²) in [6.45, 7) is -1.50. The molecule has 0 aromatic carbocycles. The quantitative estimate of drug-likeness (QED) is 0.399. The first-order valence-electron chi connectivity index (χ1n) is 3.51. The van der Waals surface area contributed by atoms with E-state index >= 15 is 0 Å². The van der Waals surface area contributed by atoms with Crippen LogP contribution in [0, 0.1) is 0 Å². The van der Waals surface area contributed by atoms with Crippen molar-refractivity contribution in [3.63, 3.8) is 0 Å². The Kier molecular flexibility index (Phi) is 5.99. The predicted molar refractivity (Wildman–Crippen MR) is 41.7 cm³/mol. The van der Waals surface area contributed by atoms with Crippen LogP contribution in [0.15, 0.2) is 0 Å². The van der Waals surface area contributed by atoms with Crippen LogP contribution >= 0.6 is 0 Å². The van der Waals surface area contributed by atoms with Gasteiger partial charge in [-0.05, 0) is 0 Å². The van der Waals surface area contributed by atoms with Crippen molar-refractivity contribution in [2.45, 2.75) is 0 Å². The van der Waals surface area contributed by atoms with Crippen molar-refractivity contribution >= 4 is 17.8 Å². The highest BCUT2D eigenvalue weighted by Crippen LogP contribution is 1.76. The Bertz CT molecular complexity index is 206. The van der Waals surface area contributed by atoms with Crippen molar-refractivity contribution in [1.82, 2.24) is 5.48 Å². The Morgan fingerprint density at radius 1 is 1.21 bits per heavy atom. The Balaban J connectivity index is 3.37. The standard InChI is InChI=1S/C6H10N2O6/c7-4(9)1-14-8-5(10)2-13-3-6(11)12/h1-3H2,(H2,7,9)(H,8,10)(H,11,12). The summed E-state index contributed by atoms with van der Waals surface area (Å²) in [5.41, 5.74) is 6.52. The Hall–Kier alpha value is -1.67. The summed E-state index contributed by atoms with van der Waals surface area (Å²) in [6.07, 6.45) is 0. The highest BCUT2D eigenvalue weighted by Gasteiger charge is 2.04. The second kappa shape index (κ2) is 6.80. The first-order valence-corrected chi connectivity index (χ1v) is 3.51. The summed E-state index contributed by atoms with van der Waals surface area (Å²) in [6, 6.07) is 0. The maximum absolute atomic E-state index is 10.7. The van der Waals surface area contributed by atoms with Crippen LogP contribution in [-0.4, -0.2) is 42.7 Å². The molecule has 0 fully saturated rings. The predicted octanol–water partition coefficient (Wildman–Crippen LogP) is -2.38. The number of carboxylic acid groups (broad SMARTS) is 1. The van der Waals surface area contributed by atoms with Crippen LogP contribution in [0.2, 0.25) is 0 Å². The molecule has 0 spiro atoms. The van der Waals surface area contributed by atoms with E-state index in [0.717, 1.165) is 0 Å². The second-order valence-corrected chi connectivity index (χ2v) is 2.17. The van der Waals surface area contributed by atoms with E-state index in [1.54, 1.807) is 0 Å². The summed E-state index contributed by atoms with van der Waals surface area (Å²) in [4.78, 5) is 35.1. The molecule has 8 nitrogen and oxygen atoms in total. The number of nitrogens with one attached hydrogen (secondary N) is 1. The van der Waals surface area contributed by atoms with Gasteiger partial charge in [-0.2, -0.15) is 0 Å². The zero-order valence-corrected chi connectivity index (χ0v) is 7.19. The van der Waals surface area contributed by atoms with Crippen LogP contribution in [0.1, 0.15) is 0 Å². The van der Waals surface area contributed by atoms with Gasteiger partial charge < -0.3 is 15.6 Å². The molecule has 0 atom stereocenters. The van der Waals surface area contributed by atoms with Crippen LogP contribution in [0.4, 0.5) is 0 Å². The third-order valence-corrected chi connectivity index (χ3v) is 0.859. The van der Waals surface area contributed by atoms with E-state index in [0.29, 0.717) is 0 Å². The number of aliphatic carboxylic acids is 1. The van der Waals surface area contributed by atoms with Gasteiger partial charge >= 0.3 is 5.97 Å². The van der Waals surface area contributed by atoms with Crippen molar-refractivity contribution in [3.05, 3.63) is 0 Å². The van der Waals surface area contributed by atoms with Crippen LogP contribution in [0.3, 0.4) is 0 Å². The van der Waals surface area contributed by atoms with Crippen LogP contribution in [-0.2, 0) is 24.0 Å². The summed E-state index contributed by atoms with van der Waals surface area (Å²) in [5.74, 6) is -2.62. The number of carboxylic acids is 1. The molecule has 0 radical (unpaired) electrons. The molecule has 80 valence electrons. The molecule has 0 aliphatic rings. The van der Waals surface area contributed by atoms with Gasteiger partial charge in [0.2, 0.25) is 5.91 Å². The minimum absolute atomic E-state index is 0.454. The molecule has 0 saturated heterocycles. The number of ether oxygens (including phenoxy) is 1. The number of carbonyl (C=O) groups excluding carboxylic acids is 2. The Labute approximate surface area is 78.9 Å². The first-order chi connectivity index (χ1) is 6.52. The molecule has 14 heavy (non-hydrogen) atoms. The first kappa shape index (κ1) is 12.3. The maximum Gasteiger partial charge on any atom is 0.329 e. The molecule has 2 amide bonds. The van der Waals surface area contributed by atoms with Crippen LogP contribution in [0.25, 0.3) is 0 Å². The van der Waals surface area contributed by atoms with E-state index in [-0.39, 0.29) is 0 Å². The summed E-state index contributed by atoms with van der Waals surface area (Å²) >= 11 is 0. The molecule has 0 bridgehead atoms. The van der Waals surface area contributed by atoms with E-state index in [4.69, 9.17) is 10.8 Å². The van der Waals surface area contributed by atoms with Gasteiger partial charge in [0, 0.05) is 0 Å². The number of primary amides is 1. The van der Waals surface area contributed by atoms with Gasteiger partial charge in [-0.3, -0.25) is 14.4 Å². The summed E-state index contributed by atoms with van der Waals surface area (Å²) < 4.78 is 4.41. The van der Waals surface area contributed by atoms with Gasteiger partial charge in [0.15, 0.2) is 6.61 Å². The average Bonchev–Trinajstić information content (AvgIpc) is 2.02. The highest BCUT2D eigenvalue weighted by molar-refractivity contribution is 5.78. The fraction of sp³-hybridized carbons (Fsp3) is 0.500. The average molecular weight is 206 g/mol. The van der Waals surface area contributed by atoms with Crippen molar-refractivity contribution in [3.8, 4) is 0 Å². The van der Waals surface area contributed by atoms with E-state index in [2.05, 4.69) is 9.57 Å². The van der Waals surface area contributed by atoms with E-state index < -0.39 is 37.6 Å². The molecule has 0 aromatic rings. The van der Waals surface area contributed by atoms with Crippen LogP contribution in [0.5, 0.6) is 0 Å². The number of hydrogen-bond donors (Lipinski definition) is 3. The van der Waals surface area contributed by atoms with Crippen molar-refractivity contribution in [2.24, 2.45) is 5.73 Å². The fourth-order valence-electron chi connectivity index (χ4n) is 0.448. The number of nitrogens with two attached hydrogens (primary N) is 1. The van der Waals surface area contributed by atoms with Crippen molar-refractivity contribution < 1.29 is 29.1 Å². The number of rotatable bonds is 7. The molecular formula is C6H10N2O6. The number of amides is 2. The summed E-state index contributed by atoms with van der Waals surface area (Å²) in [5, 5.41) is 8.13. The fourth-order valence-corrected chi connectivity index (χ4v) is 0.448. The van der Waals surface area contributed by atoms with Crippen LogP contribution < -0.4 is 11.2 Å². The Morgan fingerprint density at radius 3 is 2.36 bits per heavy atom. The van der Waals surface area contributed by atoms with E-state index in [9.17, 15) is 14.4 Å². The minimum atomic E-state index is -1.18. The zero-order valence-electron chi connectivity index (χ0n) is 7.19. The number of hydrogen-bond acceptors (Lipinski definition) is 5. The normalized spacial score (nSPS) is 9.43. The number of carbonyl (C=O) groups is 3. The molecule has 0 rings (SSSR count). The smallest absolute Gasteiger partial charge is 0.329 e. The van der Waals surface area contributed by atoms with Gasteiger partial charge in [0.1, 0.15) is 13.2 Å². The van der Waals surface area contributed by atoms with Gasteiger partial charge in [-0.25, -0.2) is 10.3 Å². The van der Waals surface area contributed by atoms with Gasteiger partial charge in [-0.15, -0.1) is 0 Å². The van der Waals surface area contributed by atoms with E-state index in [1.165, 1.54) is 0 Å². The molecule has 8 heteroatoms. The molecule has 0 unspecified atom stereocenters. The third kappa shape index (κ3) is 8.43. The Morgan fingerprint density at radius 2 is 1.86 bits per heavy atom. The largest absolute Gasteiger partial charge is 0.480 e. The van der Waals surface area contributed by atoms with Gasteiger partial charge in [0.05, 0.1) is 0 Å². The lowest BCUT2D eigenvalue weighted by molar-refractivity contribution is -0.147. The topological polar surface area (TPSA) is 128 Å². The summed E-state index contributed by atoms with van der Waals surface area (Å²) in [7, 11) is 0.